The molecule has 0 aliphatic carbocycles. The van der Waals surface area contributed by atoms with E-state index < -0.39 is 11.9 Å². The minimum absolute atomic E-state index is 0.0460. The van der Waals surface area contributed by atoms with Crippen LogP contribution in [0, 0.1) is 17.2 Å². The summed E-state index contributed by atoms with van der Waals surface area (Å²) >= 11 is 0.937. The molecule has 0 aliphatic heterocycles. The lowest BCUT2D eigenvalue weighted by molar-refractivity contribution is -0.140. The van der Waals surface area contributed by atoms with Crippen molar-refractivity contribution < 1.29 is 14.7 Å². The van der Waals surface area contributed by atoms with Gasteiger partial charge in [-0.2, -0.15) is 5.26 Å². The van der Waals surface area contributed by atoms with Crippen molar-refractivity contribution in [1.82, 2.24) is 0 Å². The van der Waals surface area contributed by atoms with Crippen LogP contribution in [0.5, 0.6) is 0 Å². The minimum atomic E-state index is -1.02. The predicted octanol–water partition coefficient (Wildman–Crippen LogP) is 0.881. The lowest BCUT2D eigenvalue weighted by Gasteiger charge is -2.04. The normalized spacial score (nSPS) is 11.7. The Morgan fingerprint density at radius 1 is 1.67 bits per heavy atom. The number of carbonyl (C=O) groups is 2. The largest absolute Gasteiger partial charge is 0.481 e. The van der Waals surface area contributed by atoms with Crippen LogP contribution in [-0.4, -0.2) is 21.9 Å². The van der Waals surface area contributed by atoms with E-state index in [-0.39, 0.29) is 17.3 Å². The van der Waals surface area contributed by atoms with E-state index in [1.54, 1.807) is 6.07 Å². The van der Waals surface area contributed by atoms with Gasteiger partial charge in [-0.1, -0.05) is 11.8 Å². The number of hydrogen-bond donors (Lipinski definition) is 1. The van der Waals surface area contributed by atoms with Crippen molar-refractivity contribution in [1.29, 1.82) is 5.26 Å². The molecule has 0 aromatic carbocycles. The molecule has 0 saturated heterocycles. The zero-order chi connectivity index (χ0) is 9.56. The van der Waals surface area contributed by atoms with Crippen molar-refractivity contribution in [2.24, 2.45) is 5.92 Å². The summed E-state index contributed by atoms with van der Waals surface area (Å²) in [6, 6.07) is 1.77. The lowest BCUT2D eigenvalue weighted by atomic mass is 10.1. The van der Waals surface area contributed by atoms with Crippen molar-refractivity contribution in [3.8, 4) is 6.07 Å². The number of thioether (sulfide) groups is 1. The first-order valence-electron chi connectivity index (χ1n) is 3.31. The summed E-state index contributed by atoms with van der Waals surface area (Å²) in [5.41, 5.74) is 0. The molecule has 0 radical (unpaired) electrons. The van der Waals surface area contributed by atoms with Crippen LogP contribution in [0.2, 0.25) is 0 Å². The molecule has 1 N–H and O–H groups in total. The Kier molecular flexibility index (Phi) is 5.13. The molecular formula is C7H9NO3S. The highest BCUT2D eigenvalue weighted by atomic mass is 32.2. The Morgan fingerprint density at radius 2 is 2.25 bits per heavy atom. The van der Waals surface area contributed by atoms with Crippen LogP contribution in [0.25, 0.3) is 0 Å². The predicted molar refractivity (Wildman–Crippen MR) is 44.5 cm³/mol. The summed E-state index contributed by atoms with van der Waals surface area (Å²) in [5.74, 6) is -1.58. The Labute approximate surface area is 74.6 Å². The van der Waals surface area contributed by atoms with Crippen LogP contribution in [0.15, 0.2) is 0 Å². The molecule has 0 fully saturated rings. The highest BCUT2D eigenvalue weighted by molar-refractivity contribution is 8.13. The van der Waals surface area contributed by atoms with Gasteiger partial charge in [-0.3, -0.25) is 9.59 Å². The molecule has 12 heavy (non-hydrogen) atoms. The molecule has 0 aliphatic rings. The summed E-state index contributed by atoms with van der Waals surface area (Å²) in [7, 11) is 0. The van der Waals surface area contributed by atoms with Gasteiger partial charge in [0.2, 0.25) is 0 Å². The molecule has 0 aromatic rings. The molecule has 0 rings (SSSR count). The van der Waals surface area contributed by atoms with Gasteiger partial charge in [-0.15, -0.1) is 0 Å². The van der Waals surface area contributed by atoms with Gasteiger partial charge in [0.05, 0.1) is 12.0 Å². The Hall–Kier alpha value is -1.02. The molecule has 0 bridgehead atoms. The van der Waals surface area contributed by atoms with Crippen LogP contribution < -0.4 is 0 Å². The van der Waals surface area contributed by atoms with E-state index in [9.17, 15) is 9.59 Å². The van der Waals surface area contributed by atoms with Crippen LogP contribution in [0.4, 0.5) is 0 Å². The molecule has 0 amide bonds. The number of carbonyl (C=O) groups excluding carboxylic acids is 1. The lowest BCUT2D eigenvalue weighted by Crippen LogP contribution is -2.16. The number of hydrogen-bond acceptors (Lipinski definition) is 4. The number of aliphatic carboxylic acids is 1. The number of nitrogens with zero attached hydrogens (tertiary/aromatic N) is 1. The molecule has 0 heterocycles. The van der Waals surface area contributed by atoms with Gasteiger partial charge in [-0.25, -0.2) is 0 Å². The maximum Gasteiger partial charge on any atom is 0.308 e. The fourth-order valence-electron chi connectivity index (χ4n) is 0.546. The summed E-state index contributed by atoms with van der Waals surface area (Å²) in [5, 5.41) is 16.7. The van der Waals surface area contributed by atoms with Gasteiger partial charge >= 0.3 is 5.97 Å². The second-order valence-electron chi connectivity index (χ2n) is 2.20. The third kappa shape index (κ3) is 4.74. The van der Waals surface area contributed by atoms with Gasteiger partial charge in [0.15, 0.2) is 5.12 Å². The van der Waals surface area contributed by atoms with Crippen molar-refractivity contribution in [3.63, 3.8) is 0 Å². The third-order valence-electron chi connectivity index (χ3n) is 1.17. The second-order valence-corrected chi connectivity index (χ2v) is 3.40. The van der Waals surface area contributed by atoms with Crippen molar-refractivity contribution in [3.05, 3.63) is 0 Å². The standard InChI is InChI=1S/C7H9NO3S/c1-5(9)12-4-6(2-3-8)7(10)11/h6H,2,4H2,1H3,(H,10,11). The van der Waals surface area contributed by atoms with Gasteiger partial charge in [0, 0.05) is 19.1 Å². The topological polar surface area (TPSA) is 78.2 Å². The van der Waals surface area contributed by atoms with Crippen molar-refractivity contribution >= 4 is 22.8 Å². The van der Waals surface area contributed by atoms with Crippen LogP contribution in [0.1, 0.15) is 13.3 Å². The average Bonchev–Trinajstić information content (AvgIpc) is 1.96. The summed E-state index contributed by atoms with van der Waals surface area (Å²) in [6.07, 6.45) is -0.0460. The maximum absolute atomic E-state index is 10.5. The Balaban J connectivity index is 3.89. The fourth-order valence-corrected chi connectivity index (χ4v) is 1.24. The summed E-state index contributed by atoms with van der Waals surface area (Å²) in [4.78, 5) is 20.9. The van der Waals surface area contributed by atoms with E-state index in [1.165, 1.54) is 6.92 Å². The Bertz CT molecular complexity index is 221. The summed E-state index contributed by atoms with van der Waals surface area (Å²) < 4.78 is 0. The molecule has 4 nitrogen and oxygen atoms in total. The number of nitriles is 1. The molecule has 1 unspecified atom stereocenters. The monoisotopic (exact) mass is 187 g/mol. The maximum atomic E-state index is 10.5. The van der Waals surface area contributed by atoms with Gasteiger partial charge in [0.25, 0.3) is 0 Å². The molecule has 0 saturated carbocycles. The first kappa shape index (κ1) is 11.0. The van der Waals surface area contributed by atoms with E-state index in [1.807, 2.05) is 0 Å². The van der Waals surface area contributed by atoms with E-state index in [4.69, 9.17) is 10.4 Å². The van der Waals surface area contributed by atoms with Gasteiger partial charge in [0.1, 0.15) is 0 Å². The minimum Gasteiger partial charge on any atom is -0.481 e. The molecule has 0 spiro atoms. The quantitative estimate of drug-likeness (QED) is 0.706. The number of rotatable bonds is 4. The third-order valence-corrected chi connectivity index (χ3v) is 2.15. The van der Waals surface area contributed by atoms with E-state index in [0.717, 1.165) is 11.8 Å². The first-order valence-corrected chi connectivity index (χ1v) is 4.29. The van der Waals surface area contributed by atoms with E-state index in [0.29, 0.717) is 0 Å². The second kappa shape index (κ2) is 5.61. The molecule has 66 valence electrons. The van der Waals surface area contributed by atoms with E-state index in [2.05, 4.69) is 0 Å². The fraction of sp³-hybridized carbons (Fsp3) is 0.571. The highest BCUT2D eigenvalue weighted by Gasteiger charge is 2.17. The number of carboxylic acid groups (broad SMARTS) is 1. The van der Waals surface area contributed by atoms with Crippen molar-refractivity contribution in [2.45, 2.75) is 13.3 Å². The SMILES string of the molecule is CC(=O)SCC(CC#N)C(=O)O. The highest BCUT2D eigenvalue weighted by Crippen LogP contribution is 2.12. The smallest absolute Gasteiger partial charge is 0.308 e. The van der Waals surface area contributed by atoms with Crippen LogP contribution in [-0.2, 0) is 9.59 Å². The zero-order valence-corrected chi connectivity index (χ0v) is 7.43. The molecule has 0 aromatic heterocycles. The number of carboxylic acids is 1. The van der Waals surface area contributed by atoms with Crippen LogP contribution in [0.3, 0.4) is 0 Å². The average molecular weight is 187 g/mol. The van der Waals surface area contributed by atoms with Gasteiger partial charge < -0.3 is 5.11 Å². The molecular weight excluding hydrogens is 178 g/mol. The first-order chi connectivity index (χ1) is 5.57. The van der Waals surface area contributed by atoms with Gasteiger partial charge in [-0.05, 0) is 0 Å². The Morgan fingerprint density at radius 3 is 2.58 bits per heavy atom. The van der Waals surface area contributed by atoms with E-state index >= 15 is 0 Å². The molecule has 1 atom stereocenters. The zero-order valence-electron chi connectivity index (χ0n) is 6.61. The van der Waals surface area contributed by atoms with Crippen molar-refractivity contribution in [2.75, 3.05) is 5.75 Å². The van der Waals surface area contributed by atoms with Crippen LogP contribution >= 0.6 is 11.8 Å². The molecule has 5 heteroatoms. The summed E-state index contributed by atoms with van der Waals surface area (Å²) in [6.45, 7) is 1.37.